The van der Waals surface area contributed by atoms with Crippen LogP contribution in [0.1, 0.15) is 45.0 Å². The molecule has 4 heteroatoms. The van der Waals surface area contributed by atoms with E-state index >= 15 is 0 Å². The standard InChI is InChI=1S/C17H31N3O/c1-5-15-10-16(20(4)19-15)11-17(6-8-21-9-7-17)13-18-12-14(2)3/h10,14,18H,5-9,11-13H2,1-4H3. The molecule has 21 heavy (non-hydrogen) atoms. The van der Waals surface area contributed by atoms with Crippen molar-refractivity contribution in [2.45, 2.75) is 46.5 Å². The summed E-state index contributed by atoms with van der Waals surface area (Å²) in [7, 11) is 2.07. The van der Waals surface area contributed by atoms with Crippen molar-refractivity contribution in [2.75, 3.05) is 26.3 Å². The third kappa shape index (κ3) is 4.55. The van der Waals surface area contributed by atoms with Gasteiger partial charge >= 0.3 is 0 Å². The van der Waals surface area contributed by atoms with Crippen LogP contribution in [0.15, 0.2) is 6.07 Å². The quantitative estimate of drug-likeness (QED) is 0.840. The Morgan fingerprint density at radius 2 is 2.10 bits per heavy atom. The van der Waals surface area contributed by atoms with E-state index < -0.39 is 0 Å². The zero-order valence-corrected chi connectivity index (χ0v) is 14.1. The molecule has 0 saturated carbocycles. The molecule has 1 aliphatic rings. The Labute approximate surface area is 129 Å². The summed E-state index contributed by atoms with van der Waals surface area (Å²) in [6.07, 6.45) is 4.40. The average Bonchev–Trinajstić information content (AvgIpc) is 2.80. The largest absolute Gasteiger partial charge is 0.381 e. The molecule has 0 radical (unpaired) electrons. The summed E-state index contributed by atoms with van der Waals surface area (Å²) in [6.45, 7) is 10.6. The molecule has 1 aromatic rings. The summed E-state index contributed by atoms with van der Waals surface area (Å²) >= 11 is 0. The number of ether oxygens (including phenoxy) is 1. The van der Waals surface area contributed by atoms with Gasteiger partial charge in [0.2, 0.25) is 0 Å². The van der Waals surface area contributed by atoms with Gasteiger partial charge < -0.3 is 10.1 Å². The first-order valence-electron chi connectivity index (χ1n) is 8.35. The van der Waals surface area contributed by atoms with E-state index in [1.807, 2.05) is 0 Å². The first-order valence-corrected chi connectivity index (χ1v) is 8.35. The highest BCUT2D eigenvalue weighted by molar-refractivity contribution is 5.13. The summed E-state index contributed by atoms with van der Waals surface area (Å²) in [5, 5.41) is 8.27. The number of nitrogens with one attached hydrogen (secondary N) is 1. The van der Waals surface area contributed by atoms with Gasteiger partial charge in [-0.15, -0.1) is 0 Å². The highest BCUT2D eigenvalue weighted by atomic mass is 16.5. The number of rotatable bonds is 7. The second kappa shape index (κ2) is 7.41. The molecule has 1 N–H and O–H groups in total. The Hall–Kier alpha value is -0.870. The lowest BCUT2D eigenvalue weighted by molar-refractivity contribution is 0.0138. The molecule has 0 aromatic carbocycles. The van der Waals surface area contributed by atoms with Gasteiger partial charge in [-0.1, -0.05) is 20.8 Å². The van der Waals surface area contributed by atoms with E-state index in [1.165, 1.54) is 11.4 Å². The van der Waals surface area contributed by atoms with Crippen molar-refractivity contribution < 1.29 is 4.74 Å². The molecule has 2 rings (SSSR count). The van der Waals surface area contributed by atoms with Crippen LogP contribution < -0.4 is 5.32 Å². The lowest BCUT2D eigenvalue weighted by atomic mass is 9.76. The summed E-state index contributed by atoms with van der Waals surface area (Å²) in [6, 6.07) is 2.28. The van der Waals surface area contributed by atoms with Crippen molar-refractivity contribution in [2.24, 2.45) is 18.4 Å². The minimum atomic E-state index is 0.325. The monoisotopic (exact) mass is 293 g/mol. The molecule has 4 nitrogen and oxygen atoms in total. The Morgan fingerprint density at radius 1 is 1.38 bits per heavy atom. The van der Waals surface area contributed by atoms with Gasteiger partial charge in [-0.2, -0.15) is 5.10 Å². The van der Waals surface area contributed by atoms with Gasteiger partial charge in [0.1, 0.15) is 0 Å². The van der Waals surface area contributed by atoms with Crippen molar-refractivity contribution in [3.05, 3.63) is 17.5 Å². The Kier molecular flexibility index (Phi) is 5.82. The molecule has 0 atom stereocenters. The zero-order valence-electron chi connectivity index (χ0n) is 14.1. The summed E-state index contributed by atoms with van der Waals surface area (Å²) < 4.78 is 7.66. The van der Waals surface area contributed by atoms with E-state index in [2.05, 4.69) is 49.0 Å². The van der Waals surface area contributed by atoms with E-state index in [1.54, 1.807) is 0 Å². The molecule has 0 bridgehead atoms. The molecular formula is C17H31N3O. The smallest absolute Gasteiger partial charge is 0.0624 e. The third-order valence-electron chi connectivity index (χ3n) is 4.55. The maximum Gasteiger partial charge on any atom is 0.0624 e. The maximum absolute atomic E-state index is 5.60. The first-order chi connectivity index (χ1) is 10.0. The predicted octanol–water partition coefficient (Wildman–Crippen LogP) is 2.57. The molecule has 2 heterocycles. The minimum Gasteiger partial charge on any atom is -0.381 e. The molecule has 0 aliphatic carbocycles. The second-order valence-corrected chi connectivity index (χ2v) is 6.92. The summed E-state index contributed by atoms with van der Waals surface area (Å²) in [4.78, 5) is 0. The van der Waals surface area contributed by atoms with E-state index in [4.69, 9.17) is 4.74 Å². The molecule has 1 saturated heterocycles. The molecule has 0 unspecified atom stereocenters. The van der Waals surface area contributed by atoms with Gasteiger partial charge in [0.25, 0.3) is 0 Å². The van der Waals surface area contributed by atoms with E-state index in [-0.39, 0.29) is 0 Å². The number of hydrogen-bond acceptors (Lipinski definition) is 3. The predicted molar refractivity (Wildman–Crippen MR) is 86.5 cm³/mol. The van der Waals surface area contributed by atoms with Crippen LogP contribution in [0.25, 0.3) is 0 Å². The van der Waals surface area contributed by atoms with Crippen molar-refractivity contribution in [3.8, 4) is 0 Å². The van der Waals surface area contributed by atoms with Crippen molar-refractivity contribution in [1.29, 1.82) is 0 Å². The van der Waals surface area contributed by atoms with Crippen LogP contribution in [0.4, 0.5) is 0 Å². The Balaban J connectivity index is 2.05. The molecule has 120 valence electrons. The van der Waals surface area contributed by atoms with E-state index in [0.29, 0.717) is 11.3 Å². The maximum atomic E-state index is 5.60. The van der Waals surface area contributed by atoms with Gasteiger partial charge in [-0.05, 0) is 49.6 Å². The lowest BCUT2D eigenvalue weighted by Gasteiger charge is -2.37. The van der Waals surface area contributed by atoms with E-state index in [0.717, 1.165) is 52.0 Å². The number of hydrogen-bond donors (Lipinski definition) is 1. The van der Waals surface area contributed by atoms with Crippen LogP contribution in [0, 0.1) is 11.3 Å². The van der Waals surface area contributed by atoms with Crippen molar-refractivity contribution in [3.63, 3.8) is 0 Å². The van der Waals surface area contributed by atoms with Crippen LogP contribution in [-0.2, 0) is 24.6 Å². The fraction of sp³-hybridized carbons (Fsp3) is 0.824. The average molecular weight is 293 g/mol. The topological polar surface area (TPSA) is 39.1 Å². The molecular weight excluding hydrogens is 262 g/mol. The van der Waals surface area contributed by atoms with Gasteiger partial charge in [-0.3, -0.25) is 4.68 Å². The fourth-order valence-electron chi connectivity index (χ4n) is 3.14. The SMILES string of the molecule is CCc1cc(CC2(CNCC(C)C)CCOCC2)n(C)n1. The second-order valence-electron chi connectivity index (χ2n) is 6.92. The van der Waals surface area contributed by atoms with Crippen LogP contribution >= 0.6 is 0 Å². The number of nitrogens with zero attached hydrogens (tertiary/aromatic N) is 2. The fourth-order valence-corrected chi connectivity index (χ4v) is 3.14. The highest BCUT2D eigenvalue weighted by Gasteiger charge is 2.33. The lowest BCUT2D eigenvalue weighted by Crippen LogP contribution is -2.42. The molecule has 1 aromatic heterocycles. The van der Waals surface area contributed by atoms with Crippen LogP contribution in [0.2, 0.25) is 0 Å². The Morgan fingerprint density at radius 3 is 2.67 bits per heavy atom. The molecule has 1 fully saturated rings. The molecule has 0 spiro atoms. The van der Waals surface area contributed by atoms with Crippen LogP contribution in [-0.4, -0.2) is 36.1 Å². The van der Waals surface area contributed by atoms with Gasteiger partial charge in [0, 0.05) is 32.5 Å². The summed E-state index contributed by atoms with van der Waals surface area (Å²) in [5.74, 6) is 0.699. The normalized spacial score (nSPS) is 18.3. The van der Waals surface area contributed by atoms with Gasteiger partial charge in [-0.25, -0.2) is 0 Å². The van der Waals surface area contributed by atoms with Crippen molar-refractivity contribution >= 4 is 0 Å². The summed E-state index contributed by atoms with van der Waals surface area (Å²) in [5.41, 5.74) is 2.89. The number of aryl methyl sites for hydroxylation is 2. The van der Waals surface area contributed by atoms with Crippen LogP contribution in [0.3, 0.4) is 0 Å². The zero-order chi connectivity index (χ0) is 15.3. The van der Waals surface area contributed by atoms with Gasteiger partial charge in [0.15, 0.2) is 0 Å². The third-order valence-corrected chi connectivity index (χ3v) is 4.55. The highest BCUT2D eigenvalue weighted by Crippen LogP contribution is 2.34. The minimum absolute atomic E-state index is 0.325. The van der Waals surface area contributed by atoms with Crippen molar-refractivity contribution in [1.82, 2.24) is 15.1 Å². The molecule has 0 amide bonds. The molecule has 1 aliphatic heterocycles. The van der Waals surface area contributed by atoms with Gasteiger partial charge in [0.05, 0.1) is 5.69 Å². The number of aromatic nitrogens is 2. The van der Waals surface area contributed by atoms with E-state index in [9.17, 15) is 0 Å². The van der Waals surface area contributed by atoms with Crippen LogP contribution in [0.5, 0.6) is 0 Å². The first kappa shape index (κ1) is 16.5. The Bertz CT molecular complexity index is 433.